The third-order valence-corrected chi connectivity index (χ3v) is 3.18. The van der Waals surface area contributed by atoms with Crippen molar-refractivity contribution in [2.45, 2.75) is 19.3 Å². The summed E-state index contributed by atoms with van der Waals surface area (Å²) in [6, 6.07) is 7.65. The fourth-order valence-corrected chi connectivity index (χ4v) is 2.20. The Bertz CT molecular complexity index is 459. The van der Waals surface area contributed by atoms with Crippen molar-refractivity contribution in [3.05, 3.63) is 35.4 Å². The smallest absolute Gasteiger partial charge is 0.254 e. The molecule has 0 spiro atoms. The van der Waals surface area contributed by atoms with Crippen LogP contribution in [0, 0.1) is 0 Å². The van der Waals surface area contributed by atoms with Gasteiger partial charge in [0.1, 0.15) is 0 Å². The molecule has 0 saturated heterocycles. The molecule has 0 atom stereocenters. The second-order valence-electron chi connectivity index (χ2n) is 4.37. The predicted octanol–water partition coefficient (Wildman–Crippen LogP) is 0.455. The molecule has 0 radical (unpaired) electrons. The number of amides is 2. The van der Waals surface area contributed by atoms with Crippen LogP contribution in [-0.2, 0) is 11.2 Å². The molecule has 3 N–H and O–H groups in total. The molecule has 1 aromatic carbocycles. The number of hydrogen-bond donors (Lipinski definition) is 2. The van der Waals surface area contributed by atoms with E-state index in [1.54, 1.807) is 4.90 Å². The number of carbonyl (C=O) groups excluding carboxylic acids is 2. The standard InChI is InChI=1S/C13H17N3O2/c14-15-12(17)7-9-16-8-3-5-10-4-1-2-6-11(10)13(16)18/h1-2,4,6H,3,5,7-9,14H2,(H,15,17). The largest absolute Gasteiger partial charge is 0.338 e. The van der Waals surface area contributed by atoms with Gasteiger partial charge in [0.25, 0.3) is 5.91 Å². The average Bonchev–Trinajstić information content (AvgIpc) is 2.56. The number of carbonyl (C=O) groups is 2. The molecule has 1 aromatic rings. The Morgan fingerprint density at radius 1 is 1.39 bits per heavy atom. The Balaban J connectivity index is 2.10. The maximum atomic E-state index is 12.3. The van der Waals surface area contributed by atoms with Crippen LogP contribution in [0.3, 0.4) is 0 Å². The number of rotatable bonds is 3. The van der Waals surface area contributed by atoms with Crippen molar-refractivity contribution < 1.29 is 9.59 Å². The van der Waals surface area contributed by atoms with Crippen molar-refractivity contribution in [1.82, 2.24) is 10.3 Å². The van der Waals surface area contributed by atoms with E-state index in [0.717, 1.165) is 24.0 Å². The van der Waals surface area contributed by atoms with E-state index < -0.39 is 0 Å². The number of hydrogen-bond acceptors (Lipinski definition) is 3. The SMILES string of the molecule is NNC(=O)CCN1CCCc2ccccc2C1=O. The van der Waals surface area contributed by atoms with E-state index in [9.17, 15) is 9.59 Å². The fourth-order valence-electron chi connectivity index (χ4n) is 2.20. The summed E-state index contributed by atoms with van der Waals surface area (Å²) in [5.41, 5.74) is 3.92. The van der Waals surface area contributed by atoms with Gasteiger partial charge < -0.3 is 4.90 Å². The van der Waals surface area contributed by atoms with Gasteiger partial charge >= 0.3 is 0 Å². The van der Waals surface area contributed by atoms with Crippen molar-refractivity contribution in [1.29, 1.82) is 0 Å². The first-order valence-electron chi connectivity index (χ1n) is 6.09. The van der Waals surface area contributed by atoms with Gasteiger partial charge in [-0.15, -0.1) is 0 Å². The molecular formula is C13H17N3O2. The molecule has 0 saturated carbocycles. The molecule has 18 heavy (non-hydrogen) atoms. The Kier molecular flexibility index (Phi) is 3.94. The van der Waals surface area contributed by atoms with E-state index in [1.165, 1.54) is 0 Å². The molecular weight excluding hydrogens is 230 g/mol. The number of nitrogens with zero attached hydrogens (tertiary/aromatic N) is 1. The zero-order valence-corrected chi connectivity index (χ0v) is 10.2. The molecule has 1 heterocycles. The van der Waals surface area contributed by atoms with Crippen LogP contribution in [0.5, 0.6) is 0 Å². The number of nitrogens with two attached hydrogens (primary N) is 1. The normalized spacial score (nSPS) is 14.9. The van der Waals surface area contributed by atoms with Gasteiger partial charge in [0.2, 0.25) is 5.91 Å². The second-order valence-corrected chi connectivity index (χ2v) is 4.37. The number of hydrazine groups is 1. The Labute approximate surface area is 106 Å². The lowest BCUT2D eigenvalue weighted by atomic mass is 10.0. The second kappa shape index (κ2) is 5.64. The Morgan fingerprint density at radius 2 is 2.17 bits per heavy atom. The summed E-state index contributed by atoms with van der Waals surface area (Å²) in [5, 5.41) is 0. The highest BCUT2D eigenvalue weighted by Crippen LogP contribution is 2.18. The van der Waals surface area contributed by atoms with Gasteiger partial charge in [-0.05, 0) is 24.5 Å². The van der Waals surface area contributed by atoms with Gasteiger partial charge in [-0.3, -0.25) is 15.0 Å². The first kappa shape index (κ1) is 12.6. The Hall–Kier alpha value is -1.88. The molecule has 0 unspecified atom stereocenters. The first-order chi connectivity index (χ1) is 8.72. The predicted molar refractivity (Wildman–Crippen MR) is 67.6 cm³/mol. The summed E-state index contributed by atoms with van der Waals surface area (Å²) in [5.74, 6) is 4.78. The summed E-state index contributed by atoms with van der Waals surface area (Å²) in [7, 11) is 0. The van der Waals surface area contributed by atoms with Crippen LogP contribution in [0.25, 0.3) is 0 Å². The van der Waals surface area contributed by atoms with Crippen molar-refractivity contribution in [2.75, 3.05) is 13.1 Å². The van der Waals surface area contributed by atoms with E-state index in [-0.39, 0.29) is 18.2 Å². The Morgan fingerprint density at radius 3 is 2.94 bits per heavy atom. The third-order valence-electron chi connectivity index (χ3n) is 3.18. The van der Waals surface area contributed by atoms with Crippen LogP contribution in [-0.4, -0.2) is 29.8 Å². The summed E-state index contributed by atoms with van der Waals surface area (Å²) in [4.78, 5) is 25.1. The lowest BCUT2D eigenvalue weighted by molar-refractivity contribution is -0.121. The van der Waals surface area contributed by atoms with Gasteiger partial charge in [0, 0.05) is 25.1 Å². The van der Waals surface area contributed by atoms with Crippen LogP contribution in [0.15, 0.2) is 24.3 Å². The molecule has 0 bridgehead atoms. The number of aryl methyl sites for hydroxylation is 1. The van der Waals surface area contributed by atoms with Gasteiger partial charge in [0.15, 0.2) is 0 Å². The maximum Gasteiger partial charge on any atom is 0.254 e. The summed E-state index contributed by atoms with van der Waals surface area (Å²) >= 11 is 0. The quantitative estimate of drug-likeness (QED) is 0.463. The van der Waals surface area contributed by atoms with Crippen LogP contribution < -0.4 is 11.3 Å². The molecule has 0 fully saturated rings. The molecule has 5 nitrogen and oxygen atoms in total. The molecule has 5 heteroatoms. The monoisotopic (exact) mass is 247 g/mol. The minimum Gasteiger partial charge on any atom is -0.338 e. The average molecular weight is 247 g/mol. The number of benzene rings is 1. The fraction of sp³-hybridized carbons (Fsp3) is 0.385. The third kappa shape index (κ3) is 2.68. The van der Waals surface area contributed by atoms with Crippen LogP contribution >= 0.6 is 0 Å². The van der Waals surface area contributed by atoms with Crippen molar-refractivity contribution in [3.63, 3.8) is 0 Å². The topological polar surface area (TPSA) is 75.4 Å². The van der Waals surface area contributed by atoms with Gasteiger partial charge in [0.05, 0.1) is 0 Å². The summed E-state index contributed by atoms with van der Waals surface area (Å²) in [6.07, 6.45) is 2.07. The highest BCUT2D eigenvalue weighted by molar-refractivity contribution is 5.96. The minimum atomic E-state index is -0.250. The lowest BCUT2D eigenvalue weighted by Crippen LogP contribution is -2.37. The summed E-state index contributed by atoms with van der Waals surface area (Å²) < 4.78 is 0. The van der Waals surface area contributed by atoms with Gasteiger partial charge in [-0.2, -0.15) is 0 Å². The van der Waals surface area contributed by atoms with Crippen molar-refractivity contribution >= 4 is 11.8 Å². The van der Waals surface area contributed by atoms with Gasteiger partial charge in [-0.25, -0.2) is 5.84 Å². The number of nitrogens with one attached hydrogen (secondary N) is 1. The van der Waals surface area contributed by atoms with E-state index in [0.29, 0.717) is 13.1 Å². The first-order valence-corrected chi connectivity index (χ1v) is 6.09. The molecule has 0 aromatic heterocycles. The van der Waals surface area contributed by atoms with E-state index in [1.807, 2.05) is 24.3 Å². The molecule has 1 aliphatic heterocycles. The molecule has 96 valence electrons. The lowest BCUT2D eigenvalue weighted by Gasteiger charge is -2.20. The minimum absolute atomic E-state index is 0.00733. The maximum absolute atomic E-state index is 12.3. The zero-order valence-electron chi connectivity index (χ0n) is 10.2. The molecule has 1 aliphatic rings. The zero-order chi connectivity index (χ0) is 13.0. The highest BCUT2D eigenvalue weighted by atomic mass is 16.2. The summed E-state index contributed by atoms with van der Waals surface area (Å²) in [6.45, 7) is 1.10. The van der Waals surface area contributed by atoms with Crippen LogP contribution in [0.4, 0.5) is 0 Å². The molecule has 0 aliphatic carbocycles. The van der Waals surface area contributed by atoms with E-state index in [4.69, 9.17) is 5.84 Å². The van der Waals surface area contributed by atoms with Crippen molar-refractivity contribution in [3.8, 4) is 0 Å². The van der Waals surface area contributed by atoms with Crippen LogP contribution in [0.1, 0.15) is 28.8 Å². The van der Waals surface area contributed by atoms with E-state index >= 15 is 0 Å². The highest BCUT2D eigenvalue weighted by Gasteiger charge is 2.21. The number of fused-ring (bicyclic) bond motifs is 1. The van der Waals surface area contributed by atoms with Crippen LogP contribution in [0.2, 0.25) is 0 Å². The molecule has 2 rings (SSSR count). The van der Waals surface area contributed by atoms with E-state index in [2.05, 4.69) is 5.43 Å². The molecule has 2 amide bonds. The van der Waals surface area contributed by atoms with Gasteiger partial charge in [-0.1, -0.05) is 18.2 Å². The van der Waals surface area contributed by atoms with Crippen molar-refractivity contribution in [2.24, 2.45) is 5.84 Å².